The highest BCUT2D eigenvalue weighted by Gasteiger charge is 2.36. The molecule has 1 saturated carbocycles. The van der Waals surface area contributed by atoms with Crippen LogP contribution in [0.3, 0.4) is 0 Å². The number of amidine groups is 1. The van der Waals surface area contributed by atoms with Gasteiger partial charge in [0, 0.05) is 18.9 Å². The van der Waals surface area contributed by atoms with Crippen molar-refractivity contribution < 1.29 is 4.74 Å². The van der Waals surface area contributed by atoms with E-state index in [1.165, 1.54) is 44.3 Å². The SMILES string of the molecule is CC(NC1=NCC2(CCCC2)CS1)C1CCCO1. The van der Waals surface area contributed by atoms with E-state index in [4.69, 9.17) is 9.73 Å². The second-order valence-corrected chi connectivity index (χ2v) is 7.07. The summed E-state index contributed by atoms with van der Waals surface area (Å²) < 4.78 is 5.72. The van der Waals surface area contributed by atoms with Gasteiger partial charge < -0.3 is 10.1 Å². The van der Waals surface area contributed by atoms with E-state index in [0.717, 1.165) is 18.3 Å². The Morgan fingerprint density at radius 3 is 2.83 bits per heavy atom. The lowest BCUT2D eigenvalue weighted by Crippen LogP contribution is -2.42. The van der Waals surface area contributed by atoms with Crippen molar-refractivity contribution in [3.8, 4) is 0 Å². The van der Waals surface area contributed by atoms with E-state index < -0.39 is 0 Å². The number of ether oxygens (including phenoxy) is 1. The van der Waals surface area contributed by atoms with E-state index >= 15 is 0 Å². The summed E-state index contributed by atoms with van der Waals surface area (Å²) in [5.74, 6) is 1.26. The largest absolute Gasteiger partial charge is 0.376 e. The summed E-state index contributed by atoms with van der Waals surface area (Å²) in [5, 5.41) is 4.70. The lowest BCUT2D eigenvalue weighted by Gasteiger charge is -2.32. The number of hydrogen-bond acceptors (Lipinski definition) is 4. The third-order valence-corrected chi connectivity index (χ3v) is 5.89. The summed E-state index contributed by atoms with van der Waals surface area (Å²) in [4.78, 5) is 4.79. The Labute approximate surface area is 114 Å². The van der Waals surface area contributed by atoms with Crippen molar-refractivity contribution in [2.75, 3.05) is 18.9 Å². The summed E-state index contributed by atoms with van der Waals surface area (Å²) in [6.07, 6.45) is 8.37. The highest BCUT2D eigenvalue weighted by Crippen LogP contribution is 2.43. The number of nitrogens with one attached hydrogen (secondary N) is 1. The molecule has 1 spiro atoms. The van der Waals surface area contributed by atoms with Gasteiger partial charge in [-0.1, -0.05) is 24.6 Å². The van der Waals surface area contributed by atoms with Crippen LogP contribution >= 0.6 is 11.8 Å². The van der Waals surface area contributed by atoms with Gasteiger partial charge in [-0.2, -0.15) is 0 Å². The van der Waals surface area contributed by atoms with Gasteiger partial charge in [0.2, 0.25) is 0 Å². The average molecular weight is 268 g/mol. The lowest BCUT2D eigenvalue weighted by atomic mass is 9.89. The zero-order chi connectivity index (χ0) is 12.4. The summed E-state index contributed by atoms with van der Waals surface area (Å²) in [6.45, 7) is 4.19. The standard InChI is InChI=1S/C14H24N2OS/c1-11(12-5-4-8-17-12)16-13-15-9-14(10-18-13)6-2-3-7-14/h11-12H,2-10H2,1H3,(H,15,16). The minimum atomic E-state index is 0.385. The fraction of sp³-hybridized carbons (Fsp3) is 0.929. The maximum absolute atomic E-state index is 5.72. The van der Waals surface area contributed by atoms with Crippen LogP contribution in [0.5, 0.6) is 0 Å². The first-order chi connectivity index (χ1) is 8.77. The van der Waals surface area contributed by atoms with Crippen molar-refractivity contribution in [3.63, 3.8) is 0 Å². The average Bonchev–Trinajstić information content (AvgIpc) is 3.04. The van der Waals surface area contributed by atoms with Gasteiger partial charge in [-0.3, -0.25) is 4.99 Å². The molecule has 0 bridgehead atoms. The molecular formula is C14H24N2OS. The van der Waals surface area contributed by atoms with Gasteiger partial charge in [0.25, 0.3) is 0 Å². The van der Waals surface area contributed by atoms with Crippen molar-refractivity contribution >= 4 is 16.9 Å². The van der Waals surface area contributed by atoms with E-state index in [0.29, 0.717) is 17.6 Å². The Balaban J connectivity index is 1.53. The molecule has 3 nitrogen and oxygen atoms in total. The molecule has 0 radical (unpaired) electrons. The van der Waals surface area contributed by atoms with E-state index in [-0.39, 0.29) is 0 Å². The molecule has 2 heterocycles. The molecule has 2 atom stereocenters. The first-order valence-corrected chi connectivity index (χ1v) is 8.31. The molecule has 0 aromatic heterocycles. The Hall–Kier alpha value is -0.220. The smallest absolute Gasteiger partial charge is 0.156 e. The van der Waals surface area contributed by atoms with Crippen molar-refractivity contribution in [3.05, 3.63) is 0 Å². The second kappa shape index (κ2) is 5.41. The topological polar surface area (TPSA) is 33.6 Å². The van der Waals surface area contributed by atoms with Crippen LogP contribution in [0, 0.1) is 5.41 Å². The molecule has 0 amide bonds. The number of rotatable bonds is 2. The molecule has 0 aromatic carbocycles. The molecule has 18 heavy (non-hydrogen) atoms. The van der Waals surface area contributed by atoms with Gasteiger partial charge in [-0.15, -0.1) is 0 Å². The molecule has 3 aliphatic rings. The summed E-state index contributed by atoms with van der Waals surface area (Å²) in [6, 6.07) is 0.399. The number of thioether (sulfide) groups is 1. The van der Waals surface area contributed by atoms with Crippen LogP contribution in [0.4, 0.5) is 0 Å². The van der Waals surface area contributed by atoms with Crippen LogP contribution in [-0.4, -0.2) is 36.2 Å². The Kier molecular flexibility index (Phi) is 3.85. The highest BCUT2D eigenvalue weighted by molar-refractivity contribution is 8.13. The zero-order valence-corrected chi connectivity index (χ0v) is 12.1. The normalized spacial score (nSPS) is 32.5. The van der Waals surface area contributed by atoms with Crippen molar-refractivity contribution in [2.45, 2.75) is 57.6 Å². The summed E-state index contributed by atoms with van der Waals surface area (Å²) in [7, 11) is 0. The van der Waals surface area contributed by atoms with Gasteiger partial charge in [0.1, 0.15) is 0 Å². The minimum Gasteiger partial charge on any atom is -0.376 e. The van der Waals surface area contributed by atoms with Crippen LogP contribution in [-0.2, 0) is 4.74 Å². The predicted molar refractivity (Wildman–Crippen MR) is 77.2 cm³/mol. The first kappa shape index (κ1) is 12.8. The molecule has 2 aliphatic heterocycles. The molecule has 2 fully saturated rings. The lowest BCUT2D eigenvalue weighted by molar-refractivity contribution is 0.0895. The molecule has 0 aromatic rings. The molecule has 1 aliphatic carbocycles. The molecular weight excluding hydrogens is 244 g/mol. The molecule has 3 rings (SSSR count). The number of aliphatic imine (C=N–C) groups is 1. The number of hydrogen-bond donors (Lipinski definition) is 1. The molecule has 1 saturated heterocycles. The van der Waals surface area contributed by atoms with Gasteiger partial charge >= 0.3 is 0 Å². The Morgan fingerprint density at radius 2 is 2.22 bits per heavy atom. The van der Waals surface area contributed by atoms with Crippen molar-refractivity contribution in [1.29, 1.82) is 0 Å². The third kappa shape index (κ3) is 2.69. The predicted octanol–water partition coefficient (Wildman–Crippen LogP) is 2.81. The van der Waals surface area contributed by atoms with E-state index in [2.05, 4.69) is 12.2 Å². The van der Waals surface area contributed by atoms with Crippen LogP contribution in [0.25, 0.3) is 0 Å². The quantitative estimate of drug-likeness (QED) is 0.836. The van der Waals surface area contributed by atoms with Crippen molar-refractivity contribution in [1.82, 2.24) is 5.32 Å². The second-order valence-electron chi connectivity index (χ2n) is 6.10. The van der Waals surface area contributed by atoms with Gasteiger partial charge in [-0.05, 0) is 38.0 Å². The Bertz CT molecular complexity index is 320. The minimum absolute atomic E-state index is 0.385. The van der Waals surface area contributed by atoms with Gasteiger partial charge in [0.05, 0.1) is 12.1 Å². The third-order valence-electron chi connectivity index (χ3n) is 4.61. The van der Waals surface area contributed by atoms with Crippen LogP contribution in [0.1, 0.15) is 45.4 Å². The fourth-order valence-electron chi connectivity index (χ4n) is 3.35. The number of nitrogens with zero attached hydrogens (tertiary/aromatic N) is 1. The van der Waals surface area contributed by atoms with Crippen molar-refractivity contribution in [2.24, 2.45) is 10.4 Å². The maximum Gasteiger partial charge on any atom is 0.156 e. The summed E-state index contributed by atoms with van der Waals surface area (Å²) in [5.41, 5.74) is 0.545. The van der Waals surface area contributed by atoms with Crippen LogP contribution in [0.15, 0.2) is 4.99 Å². The first-order valence-electron chi connectivity index (χ1n) is 7.33. The van der Waals surface area contributed by atoms with E-state index in [1.807, 2.05) is 11.8 Å². The maximum atomic E-state index is 5.72. The van der Waals surface area contributed by atoms with E-state index in [9.17, 15) is 0 Å². The van der Waals surface area contributed by atoms with Gasteiger partial charge in [0.15, 0.2) is 5.17 Å². The molecule has 4 heteroatoms. The Morgan fingerprint density at radius 1 is 1.39 bits per heavy atom. The molecule has 102 valence electrons. The monoisotopic (exact) mass is 268 g/mol. The van der Waals surface area contributed by atoms with Gasteiger partial charge in [-0.25, -0.2) is 0 Å². The highest BCUT2D eigenvalue weighted by atomic mass is 32.2. The zero-order valence-electron chi connectivity index (χ0n) is 11.3. The summed E-state index contributed by atoms with van der Waals surface area (Å²) >= 11 is 1.93. The van der Waals surface area contributed by atoms with Crippen LogP contribution < -0.4 is 5.32 Å². The molecule has 1 N–H and O–H groups in total. The van der Waals surface area contributed by atoms with E-state index in [1.54, 1.807) is 0 Å². The van der Waals surface area contributed by atoms with Crippen LogP contribution in [0.2, 0.25) is 0 Å². The fourth-order valence-corrected chi connectivity index (χ4v) is 4.60. The molecule has 2 unspecified atom stereocenters.